The Hall–Kier alpha value is -3.92. The fourth-order valence-corrected chi connectivity index (χ4v) is 5.47. The van der Waals surface area contributed by atoms with Crippen LogP contribution in [0.1, 0.15) is 99.5 Å². The maximum atomic E-state index is 11.9. The number of aliphatic hydroxyl groups is 1. The number of benzene rings is 3. The smallest absolute Gasteiger partial charge is 0.162 e. The molecule has 5 rings (SSSR count). The van der Waals surface area contributed by atoms with Crippen LogP contribution in [0.25, 0.3) is 33.3 Å². The second-order valence-corrected chi connectivity index (χ2v) is 13.1. The summed E-state index contributed by atoms with van der Waals surface area (Å²) >= 11 is 0. The second kappa shape index (κ2) is 20.7. The largest absolute Gasteiger partial charge is 0.512 e. The molecule has 0 aliphatic rings. The maximum Gasteiger partial charge on any atom is 0.162 e. The average Bonchev–Trinajstić information content (AvgIpc) is 3.13. The summed E-state index contributed by atoms with van der Waals surface area (Å²) in [5.41, 5.74) is 6.76. The van der Waals surface area contributed by atoms with Crippen LogP contribution < -0.4 is 0 Å². The Morgan fingerprint density at radius 2 is 1.64 bits per heavy atom. The van der Waals surface area contributed by atoms with Gasteiger partial charge in [-0.15, -0.1) is 70.8 Å². The number of hydrogen-bond acceptors (Lipinski definition) is 4. The second-order valence-electron chi connectivity index (χ2n) is 13.1. The molecule has 0 saturated heterocycles. The van der Waals surface area contributed by atoms with Crippen molar-refractivity contribution in [2.75, 3.05) is 0 Å². The van der Waals surface area contributed by atoms with Crippen molar-refractivity contribution in [2.24, 2.45) is 11.3 Å². The van der Waals surface area contributed by atoms with Crippen LogP contribution in [-0.4, -0.2) is 20.9 Å². The van der Waals surface area contributed by atoms with E-state index in [1.807, 2.05) is 109 Å². The van der Waals surface area contributed by atoms with Gasteiger partial charge in [0.2, 0.25) is 0 Å². The predicted molar refractivity (Wildman–Crippen MR) is 207 cm³/mol. The fourth-order valence-electron chi connectivity index (χ4n) is 5.47. The first-order valence-electron chi connectivity index (χ1n) is 18.5. The molecule has 0 fully saturated rings. The Labute approximate surface area is 317 Å². The average molecular weight is 849 g/mol. The van der Waals surface area contributed by atoms with Gasteiger partial charge < -0.3 is 15.1 Å². The Bertz CT molecular complexity index is 1840. The van der Waals surface area contributed by atoms with Crippen molar-refractivity contribution in [3.63, 3.8) is 0 Å². The minimum absolute atomic E-state index is 0. The van der Waals surface area contributed by atoms with Gasteiger partial charge >= 0.3 is 0 Å². The van der Waals surface area contributed by atoms with Crippen molar-refractivity contribution in [1.29, 1.82) is 0 Å². The van der Waals surface area contributed by atoms with Gasteiger partial charge in [-0.3, -0.25) is 4.79 Å². The van der Waals surface area contributed by atoms with Gasteiger partial charge in [-0.05, 0) is 71.4 Å². The first-order valence-corrected chi connectivity index (χ1v) is 17.5. The van der Waals surface area contributed by atoms with E-state index in [1.165, 1.54) is 11.6 Å². The molecule has 4 nitrogen and oxygen atoms in total. The van der Waals surface area contributed by atoms with Gasteiger partial charge in [0.15, 0.2) is 5.78 Å². The summed E-state index contributed by atoms with van der Waals surface area (Å²) in [6.07, 6.45) is 6.63. The number of nitrogens with zero attached hydrogens (tertiary/aromatic N) is 2. The molecule has 0 aliphatic heterocycles. The zero-order valence-corrected chi connectivity index (χ0v) is 33.5. The first-order chi connectivity index (χ1) is 24.3. The zero-order chi connectivity index (χ0) is 37.7. The van der Waals surface area contributed by atoms with Crippen molar-refractivity contribution in [3.05, 3.63) is 132 Å². The van der Waals surface area contributed by atoms with Gasteiger partial charge in [0.25, 0.3) is 0 Å². The van der Waals surface area contributed by atoms with E-state index in [0.29, 0.717) is 5.92 Å². The molecule has 5 heteroatoms. The number of ketones is 1. The minimum Gasteiger partial charge on any atom is -0.512 e. The Balaban J connectivity index is 0.000000283. The molecule has 2 aromatic heterocycles. The monoisotopic (exact) mass is 849 g/mol. The summed E-state index contributed by atoms with van der Waals surface area (Å²) in [6, 6.07) is 30.6. The van der Waals surface area contributed by atoms with Gasteiger partial charge in [-0.1, -0.05) is 92.6 Å². The molecule has 2 heterocycles. The van der Waals surface area contributed by atoms with Crippen molar-refractivity contribution in [3.8, 4) is 22.5 Å². The summed E-state index contributed by atoms with van der Waals surface area (Å²) in [5.74, 6) is 0.752. The van der Waals surface area contributed by atoms with Gasteiger partial charge in [0.05, 0.1) is 2.74 Å². The van der Waals surface area contributed by atoms with E-state index < -0.39 is 0 Å². The van der Waals surface area contributed by atoms with Crippen LogP contribution in [0.15, 0.2) is 103 Å². The number of fused-ring (bicyclic) bond motifs is 1. The molecule has 267 valence electrons. The SMILES string of the molecule is CCC(CC)C(=O)/C=C(\O)C(C)(CC)CC.[2H]c1nc(-c2[c-]c(C)cc(C)c2)c2ccc(C(C)C)cc2c1[2H].[Ir].[c-]1ccccc1-c1ccccn1. The van der Waals surface area contributed by atoms with E-state index in [9.17, 15) is 9.90 Å². The maximum absolute atomic E-state index is 11.9. The van der Waals surface area contributed by atoms with Crippen LogP contribution >= 0.6 is 0 Å². The number of pyridine rings is 2. The third-order valence-corrected chi connectivity index (χ3v) is 9.22. The predicted octanol–water partition coefficient (Wildman–Crippen LogP) is 12.2. The van der Waals surface area contributed by atoms with E-state index in [0.717, 1.165) is 70.1 Å². The molecule has 0 aliphatic carbocycles. The molecular formula is C45H54IrN2O2-2. The first kappa shape index (κ1) is 38.9. The standard InChI is InChI=1S/C20H20N.C14H26O2.C11H8N.Ir/c1-13(2)16-5-6-19-17(12-16)7-8-21-20(19)18-10-14(3)9-15(4)11-18;1-6-11(7-2)12(15)10-13(16)14(5,8-3)9-4;1-2-6-10(7-3-1)11-8-4-5-9-12-11;/h5-10,12-13H,1-4H3;10-11,16H,6-9H2,1-5H3;1-6,8-9H;/q-1;;-1;/b;13-10-;;/i7D,8D;;;. The van der Waals surface area contributed by atoms with Gasteiger partial charge in [-0.25, -0.2) is 0 Å². The third kappa shape index (κ3) is 11.9. The fraction of sp³-hybridized carbons (Fsp3) is 0.356. The molecule has 1 radical (unpaired) electrons. The molecule has 0 amide bonds. The van der Waals surface area contributed by atoms with Crippen LogP contribution in [0.2, 0.25) is 0 Å². The number of aliphatic hydroxyl groups excluding tert-OH is 1. The molecular weight excluding hydrogens is 793 g/mol. The van der Waals surface area contributed by atoms with E-state index in [1.54, 1.807) is 6.20 Å². The summed E-state index contributed by atoms with van der Waals surface area (Å²) in [4.78, 5) is 20.5. The van der Waals surface area contributed by atoms with E-state index in [4.69, 9.17) is 2.74 Å². The molecule has 0 spiro atoms. The van der Waals surface area contributed by atoms with Crippen molar-refractivity contribution < 1.29 is 32.7 Å². The number of aryl methyl sites for hydroxylation is 2. The van der Waals surface area contributed by atoms with Crippen LogP contribution in [0.4, 0.5) is 0 Å². The van der Waals surface area contributed by atoms with E-state index in [2.05, 4.69) is 48.1 Å². The van der Waals surface area contributed by atoms with Gasteiger partial charge in [-0.2, -0.15) is 0 Å². The number of carbonyl (C=O) groups excluding carboxylic acids is 1. The molecule has 0 atom stereocenters. The van der Waals surface area contributed by atoms with Crippen LogP contribution in [0.5, 0.6) is 0 Å². The van der Waals surface area contributed by atoms with Crippen LogP contribution in [0.3, 0.4) is 0 Å². The third-order valence-electron chi connectivity index (χ3n) is 9.22. The van der Waals surface area contributed by atoms with E-state index >= 15 is 0 Å². The van der Waals surface area contributed by atoms with Crippen molar-refractivity contribution >= 4 is 16.6 Å². The minimum atomic E-state index is -0.248. The quantitative estimate of drug-likeness (QED) is 0.0864. The van der Waals surface area contributed by atoms with Crippen LogP contribution in [0, 0.1) is 37.3 Å². The number of allylic oxidation sites excluding steroid dienone is 2. The van der Waals surface area contributed by atoms with Crippen molar-refractivity contribution in [1.82, 2.24) is 9.97 Å². The summed E-state index contributed by atoms with van der Waals surface area (Å²) in [7, 11) is 0. The molecule has 1 N–H and O–H groups in total. The number of aromatic nitrogens is 2. The molecule has 50 heavy (non-hydrogen) atoms. The zero-order valence-electron chi connectivity index (χ0n) is 33.1. The molecule has 0 saturated carbocycles. The molecule has 0 unspecified atom stereocenters. The molecule has 3 aromatic carbocycles. The summed E-state index contributed by atoms with van der Waals surface area (Å²) in [6.45, 7) is 18.4. The topological polar surface area (TPSA) is 63.1 Å². The summed E-state index contributed by atoms with van der Waals surface area (Å²) in [5, 5.41) is 11.7. The van der Waals surface area contributed by atoms with E-state index in [-0.39, 0.29) is 55.2 Å². The van der Waals surface area contributed by atoms with Crippen LogP contribution in [-0.2, 0) is 24.9 Å². The van der Waals surface area contributed by atoms with Crippen molar-refractivity contribution in [2.45, 2.75) is 93.9 Å². The van der Waals surface area contributed by atoms with Gasteiger partial charge in [0, 0.05) is 49.9 Å². The number of hydrogen-bond donors (Lipinski definition) is 1. The Morgan fingerprint density at radius 3 is 2.20 bits per heavy atom. The molecule has 0 bridgehead atoms. The molecule has 5 aromatic rings. The number of rotatable bonds is 10. The normalized spacial score (nSPS) is 11.9. The van der Waals surface area contributed by atoms with Gasteiger partial charge in [0.1, 0.15) is 5.76 Å². The Kier molecular flexibility index (Phi) is 16.1. The Morgan fingerprint density at radius 1 is 0.940 bits per heavy atom. The number of carbonyl (C=O) groups is 1. The summed E-state index contributed by atoms with van der Waals surface area (Å²) < 4.78 is 16.3.